The summed E-state index contributed by atoms with van der Waals surface area (Å²) in [6, 6.07) is 12.2. The van der Waals surface area contributed by atoms with Gasteiger partial charge in [0.1, 0.15) is 5.76 Å². The van der Waals surface area contributed by atoms with Crippen molar-refractivity contribution in [2.45, 2.75) is 25.3 Å². The molecule has 110 valence electrons. The minimum atomic E-state index is 0.161. The van der Waals surface area contributed by atoms with Gasteiger partial charge in [-0.2, -0.15) is 0 Å². The van der Waals surface area contributed by atoms with Crippen molar-refractivity contribution in [1.29, 1.82) is 0 Å². The quantitative estimate of drug-likeness (QED) is 0.939. The van der Waals surface area contributed by atoms with E-state index in [-0.39, 0.29) is 5.91 Å². The van der Waals surface area contributed by atoms with Gasteiger partial charge in [-0.15, -0.1) is 0 Å². The Morgan fingerprint density at radius 1 is 1.33 bits per heavy atom. The second-order valence-corrected chi connectivity index (χ2v) is 5.31. The third-order valence-corrected chi connectivity index (χ3v) is 4.06. The van der Waals surface area contributed by atoms with Gasteiger partial charge in [-0.25, -0.2) is 0 Å². The lowest BCUT2D eigenvalue weighted by Crippen LogP contribution is -2.39. The molecule has 1 unspecified atom stereocenters. The molecule has 4 nitrogen and oxygen atoms in total. The summed E-state index contributed by atoms with van der Waals surface area (Å²) in [5.74, 6) is 1.02. The average Bonchev–Trinajstić information content (AvgIpc) is 3.05. The molecule has 1 aromatic carbocycles. The summed E-state index contributed by atoms with van der Waals surface area (Å²) in [5, 5.41) is 3.32. The maximum absolute atomic E-state index is 12.5. The zero-order valence-electron chi connectivity index (χ0n) is 12.2. The number of nitrogens with one attached hydrogen (secondary N) is 1. The lowest BCUT2D eigenvalue weighted by molar-refractivity contribution is -0.118. The Kier molecular flexibility index (Phi) is 4.06. The number of rotatable bonds is 4. The molecule has 0 aliphatic carbocycles. The molecule has 0 saturated heterocycles. The minimum Gasteiger partial charge on any atom is -0.469 e. The molecule has 0 bridgehead atoms. The van der Waals surface area contributed by atoms with Gasteiger partial charge in [0.2, 0.25) is 5.91 Å². The molecule has 1 N–H and O–H groups in total. The van der Waals surface area contributed by atoms with Crippen molar-refractivity contribution in [2.75, 3.05) is 18.5 Å². The molecule has 0 fully saturated rings. The van der Waals surface area contributed by atoms with Crippen LogP contribution in [0.4, 0.5) is 5.69 Å². The number of nitrogens with zero attached hydrogens (tertiary/aromatic N) is 1. The van der Waals surface area contributed by atoms with Gasteiger partial charge >= 0.3 is 0 Å². The summed E-state index contributed by atoms with van der Waals surface area (Å²) >= 11 is 0. The first-order chi connectivity index (χ1) is 10.3. The maximum atomic E-state index is 12.5. The molecule has 1 aliphatic heterocycles. The van der Waals surface area contributed by atoms with Crippen LogP contribution in [0.1, 0.15) is 30.2 Å². The molecule has 1 atom stereocenters. The predicted octanol–water partition coefficient (Wildman–Crippen LogP) is 2.91. The fourth-order valence-electron chi connectivity index (χ4n) is 2.94. The van der Waals surface area contributed by atoms with Crippen LogP contribution in [0.2, 0.25) is 0 Å². The number of fused-ring (bicyclic) bond motifs is 1. The van der Waals surface area contributed by atoms with Crippen molar-refractivity contribution >= 4 is 11.6 Å². The van der Waals surface area contributed by atoms with E-state index in [1.54, 1.807) is 6.26 Å². The van der Waals surface area contributed by atoms with E-state index >= 15 is 0 Å². The Bertz CT molecular complexity index is 607. The molecule has 2 aromatic rings. The lowest BCUT2D eigenvalue weighted by atomic mass is 9.96. The SMILES string of the molecule is CNC1CCN(C(=O)CCc2ccco2)c2ccccc21. The minimum absolute atomic E-state index is 0.161. The van der Waals surface area contributed by atoms with Crippen LogP contribution >= 0.6 is 0 Å². The highest BCUT2D eigenvalue weighted by molar-refractivity contribution is 5.94. The summed E-state index contributed by atoms with van der Waals surface area (Å²) in [4.78, 5) is 14.4. The monoisotopic (exact) mass is 284 g/mol. The van der Waals surface area contributed by atoms with E-state index < -0.39 is 0 Å². The van der Waals surface area contributed by atoms with Crippen LogP contribution in [-0.2, 0) is 11.2 Å². The molecular weight excluding hydrogens is 264 g/mol. The van der Waals surface area contributed by atoms with Crippen molar-refractivity contribution in [3.8, 4) is 0 Å². The zero-order valence-corrected chi connectivity index (χ0v) is 12.2. The molecule has 21 heavy (non-hydrogen) atoms. The normalized spacial score (nSPS) is 17.6. The van der Waals surface area contributed by atoms with E-state index in [1.165, 1.54) is 5.56 Å². The Morgan fingerprint density at radius 2 is 2.19 bits per heavy atom. The van der Waals surface area contributed by atoms with Crippen LogP contribution in [0.25, 0.3) is 0 Å². The smallest absolute Gasteiger partial charge is 0.227 e. The van der Waals surface area contributed by atoms with Gasteiger partial charge in [-0.1, -0.05) is 18.2 Å². The van der Waals surface area contributed by atoms with Gasteiger partial charge in [0.15, 0.2) is 0 Å². The van der Waals surface area contributed by atoms with Crippen LogP contribution in [0.15, 0.2) is 47.1 Å². The second kappa shape index (κ2) is 6.14. The lowest BCUT2D eigenvalue weighted by Gasteiger charge is -2.34. The number of aryl methyl sites for hydroxylation is 1. The first-order valence-electron chi connectivity index (χ1n) is 7.38. The molecule has 1 aromatic heterocycles. The molecular formula is C17H20N2O2. The van der Waals surface area contributed by atoms with Gasteiger partial charge in [-0.3, -0.25) is 4.79 Å². The van der Waals surface area contributed by atoms with Crippen molar-refractivity contribution in [3.63, 3.8) is 0 Å². The molecule has 0 saturated carbocycles. The van der Waals surface area contributed by atoms with E-state index in [2.05, 4.69) is 11.4 Å². The predicted molar refractivity (Wildman–Crippen MR) is 82.2 cm³/mol. The van der Waals surface area contributed by atoms with Crippen LogP contribution in [-0.4, -0.2) is 19.5 Å². The second-order valence-electron chi connectivity index (χ2n) is 5.31. The van der Waals surface area contributed by atoms with Crippen molar-refractivity contribution in [2.24, 2.45) is 0 Å². The summed E-state index contributed by atoms with van der Waals surface area (Å²) in [6.45, 7) is 0.763. The first kappa shape index (κ1) is 13.9. The molecule has 3 rings (SSSR count). The Morgan fingerprint density at radius 3 is 2.95 bits per heavy atom. The molecule has 0 spiro atoms. The summed E-state index contributed by atoms with van der Waals surface area (Å²) in [6.07, 6.45) is 3.72. The number of para-hydroxylation sites is 1. The maximum Gasteiger partial charge on any atom is 0.227 e. The zero-order chi connectivity index (χ0) is 14.7. The summed E-state index contributed by atoms with van der Waals surface area (Å²) in [7, 11) is 1.97. The van der Waals surface area contributed by atoms with Gasteiger partial charge in [0, 0.05) is 31.1 Å². The summed E-state index contributed by atoms with van der Waals surface area (Å²) in [5.41, 5.74) is 2.24. The number of carbonyl (C=O) groups is 1. The number of amides is 1. The van der Waals surface area contributed by atoms with Gasteiger partial charge < -0.3 is 14.6 Å². The largest absolute Gasteiger partial charge is 0.469 e. The van der Waals surface area contributed by atoms with E-state index in [0.717, 1.165) is 24.4 Å². The number of benzene rings is 1. The Labute approximate surface area is 124 Å². The van der Waals surface area contributed by atoms with Crippen molar-refractivity contribution in [1.82, 2.24) is 5.32 Å². The Balaban J connectivity index is 1.75. The van der Waals surface area contributed by atoms with Crippen LogP contribution in [0, 0.1) is 0 Å². The number of furan rings is 1. The highest BCUT2D eigenvalue weighted by Gasteiger charge is 2.27. The van der Waals surface area contributed by atoms with E-state index in [9.17, 15) is 4.79 Å². The fourth-order valence-corrected chi connectivity index (χ4v) is 2.94. The third kappa shape index (κ3) is 2.85. The van der Waals surface area contributed by atoms with Gasteiger partial charge in [-0.05, 0) is 37.2 Å². The number of hydrogen-bond acceptors (Lipinski definition) is 3. The third-order valence-electron chi connectivity index (χ3n) is 4.06. The van der Waals surface area contributed by atoms with Crippen LogP contribution < -0.4 is 10.2 Å². The van der Waals surface area contributed by atoms with Gasteiger partial charge in [0.25, 0.3) is 0 Å². The first-order valence-corrected chi connectivity index (χ1v) is 7.38. The van der Waals surface area contributed by atoms with Crippen molar-refractivity contribution < 1.29 is 9.21 Å². The number of anilines is 1. The summed E-state index contributed by atoms with van der Waals surface area (Å²) < 4.78 is 5.29. The highest BCUT2D eigenvalue weighted by Crippen LogP contribution is 2.33. The molecule has 4 heteroatoms. The standard InChI is InChI=1S/C17H20N2O2/c1-18-15-10-11-19(16-7-3-2-6-14(15)16)17(20)9-8-13-5-4-12-21-13/h2-7,12,15,18H,8-11H2,1H3. The number of carbonyl (C=O) groups excluding carboxylic acids is 1. The average molecular weight is 284 g/mol. The highest BCUT2D eigenvalue weighted by atomic mass is 16.3. The van der Waals surface area contributed by atoms with E-state index in [4.69, 9.17) is 4.42 Å². The molecule has 0 radical (unpaired) electrons. The molecule has 2 heterocycles. The van der Waals surface area contributed by atoms with Crippen LogP contribution in [0.5, 0.6) is 0 Å². The van der Waals surface area contributed by atoms with Crippen molar-refractivity contribution in [3.05, 3.63) is 54.0 Å². The molecule has 1 amide bonds. The Hall–Kier alpha value is -2.07. The van der Waals surface area contributed by atoms with E-state index in [1.807, 2.05) is 42.3 Å². The van der Waals surface area contributed by atoms with Gasteiger partial charge in [0.05, 0.1) is 6.26 Å². The number of hydrogen-bond donors (Lipinski definition) is 1. The fraction of sp³-hybridized carbons (Fsp3) is 0.353. The molecule has 1 aliphatic rings. The topological polar surface area (TPSA) is 45.5 Å². The van der Waals surface area contributed by atoms with Crippen LogP contribution in [0.3, 0.4) is 0 Å². The van der Waals surface area contributed by atoms with E-state index in [0.29, 0.717) is 18.9 Å².